The van der Waals surface area contributed by atoms with Crippen molar-refractivity contribution in [2.45, 2.75) is 13.3 Å². The van der Waals surface area contributed by atoms with E-state index in [0.717, 1.165) is 19.1 Å². The maximum absolute atomic E-state index is 12.5. The summed E-state index contributed by atoms with van der Waals surface area (Å²) >= 11 is 0. The number of aromatic hydroxyl groups is 1. The Morgan fingerprint density at radius 1 is 1.50 bits per heavy atom. The highest BCUT2D eigenvalue weighted by Crippen LogP contribution is 2.34. The molecule has 0 radical (unpaired) electrons. The number of nitrogens with two attached hydrogens (primary N) is 1. The molecule has 0 bridgehead atoms. The van der Waals surface area contributed by atoms with Crippen LogP contribution in [0.25, 0.3) is 0 Å². The monoisotopic (exact) mass is 201 g/mol. The summed E-state index contributed by atoms with van der Waals surface area (Å²) < 4.78 is 25.0. The quantitative estimate of drug-likeness (QED) is 0.437. The number of nitrogen functional groups attached to an aromatic ring is 1. The number of benzene rings is 1. The molecule has 14 heavy (non-hydrogen) atoms. The van der Waals surface area contributed by atoms with Crippen LogP contribution in [0, 0.1) is 0 Å². The number of alkyl halides is 2. The SMILES string of the molecule is CC(=O)c1ccc(O)c(N)c1C(F)F. The number of hydrogen-bond donors (Lipinski definition) is 2. The first-order chi connectivity index (χ1) is 6.45. The van der Waals surface area contributed by atoms with Gasteiger partial charge in [0.05, 0.1) is 11.3 Å². The van der Waals surface area contributed by atoms with Crippen LogP contribution >= 0.6 is 0 Å². The predicted octanol–water partition coefficient (Wildman–Crippen LogP) is 2.11. The molecule has 3 N–H and O–H groups in total. The van der Waals surface area contributed by atoms with E-state index in [9.17, 15) is 13.6 Å². The van der Waals surface area contributed by atoms with Gasteiger partial charge in [-0.1, -0.05) is 0 Å². The maximum Gasteiger partial charge on any atom is 0.266 e. The van der Waals surface area contributed by atoms with Crippen LogP contribution in [0.3, 0.4) is 0 Å². The van der Waals surface area contributed by atoms with Crippen LogP contribution in [0.2, 0.25) is 0 Å². The number of carbonyl (C=O) groups excluding carboxylic acids is 1. The van der Waals surface area contributed by atoms with E-state index in [1.54, 1.807) is 0 Å². The van der Waals surface area contributed by atoms with Crippen molar-refractivity contribution >= 4 is 11.5 Å². The van der Waals surface area contributed by atoms with Crippen LogP contribution < -0.4 is 5.73 Å². The third-order valence-electron chi connectivity index (χ3n) is 1.86. The highest BCUT2D eigenvalue weighted by atomic mass is 19.3. The zero-order chi connectivity index (χ0) is 10.9. The fraction of sp³-hybridized carbons (Fsp3) is 0.222. The summed E-state index contributed by atoms with van der Waals surface area (Å²) in [5, 5.41) is 9.09. The summed E-state index contributed by atoms with van der Waals surface area (Å²) in [6.45, 7) is 1.16. The first-order valence-corrected chi connectivity index (χ1v) is 3.85. The second-order valence-corrected chi connectivity index (χ2v) is 2.82. The van der Waals surface area contributed by atoms with Gasteiger partial charge in [-0.2, -0.15) is 0 Å². The topological polar surface area (TPSA) is 63.3 Å². The van der Waals surface area contributed by atoms with Gasteiger partial charge in [0.1, 0.15) is 5.75 Å². The number of carbonyl (C=O) groups is 1. The van der Waals surface area contributed by atoms with Gasteiger partial charge < -0.3 is 10.8 Å². The molecule has 0 atom stereocenters. The molecule has 1 rings (SSSR count). The Morgan fingerprint density at radius 2 is 2.07 bits per heavy atom. The minimum Gasteiger partial charge on any atom is -0.506 e. The molecule has 0 fully saturated rings. The van der Waals surface area contributed by atoms with Gasteiger partial charge in [0, 0.05) is 5.56 Å². The van der Waals surface area contributed by atoms with Gasteiger partial charge in [-0.15, -0.1) is 0 Å². The lowest BCUT2D eigenvalue weighted by Gasteiger charge is -2.10. The molecule has 0 heterocycles. The third-order valence-corrected chi connectivity index (χ3v) is 1.86. The standard InChI is InChI=1S/C9H9F2NO2/c1-4(13)5-2-3-6(14)8(12)7(5)9(10)11/h2-3,9,14H,12H2,1H3. The predicted molar refractivity (Wildman–Crippen MR) is 47.5 cm³/mol. The summed E-state index contributed by atoms with van der Waals surface area (Å²) in [4.78, 5) is 11.0. The van der Waals surface area contributed by atoms with Crippen molar-refractivity contribution < 1.29 is 18.7 Å². The van der Waals surface area contributed by atoms with Crippen LogP contribution in [-0.2, 0) is 0 Å². The Morgan fingerprint density at radius 3 is 2.50 bits per heavy atom. The third kappa shape index (κ3) is 1.66. The van der Waals surface area contributed by atoms with Gasteiger partial charge in [0.25, 0.3) is 6.43 Å². The minimum absolute atomic E-state index is 0.157. The molecule has 1 aromatic carbocycles. The van der Waals surface area contributed by atoms with Crippen molar-refractivity contribution in [3.05, 3.63) is 23.3 Å². The van der Waals surface area contributed by atoms with Crippen LogP contribution in [0.1, 0.15) is 29.3 Å². The van der Waals surface area contributed by atoms with Crippen molar-refractivity contribution in [1.82, 2.24) is 0 Å². The fourth-order valence-electron chi connectivity index (χ4n) is 1.17. The Labute approximate surface area is 79.2 Å². The number of Topliss-reactive ketones (excluding diaryl/α,β-unsaturated/α-hetero) is 1. The zero-order valence-electron chi connectivity index (χ0n) is 7.42. The van der Waals surface area contributed by atoms with Gasteiger partial charge in [-0.25, -0.2) is 8.78 Å². The summed E-state index contributed by atoms with van der Waals surface area (Å²) in [7, 11) is 0. The lowest BCUT2D eigenvalue weighted by atomic mass is 10.0. The molecule has 0 aromatic heterocycles. The molecular formula is C9H9F2NO2. The van der Waals surface area contributed by atoms with E-state index in [2.05, 4.69) is 0 Å². The fourth-order valence-corrected chi connectivity index (χ4v) is 1.17. The van der Waals surface area contributed by atoms with Crippen LogP contribution in [-0.4, -0.2) is 10.9 Å². The summed E-state index contributed by atoms with van der Waals surface area (Å²) in [6, 6.07) is 2.26. The van der Waals surface area contributed by atoms with E-state index in [0.29, 0.717) is 0 Å². The number of hydrogen-bond acceptors (Lipinski definition) is 3. The van der Waals surface area contributed by atoms with Gasteiger partial charge in [0.2, 0.25) is 0 Å². The molecule has 1 aromatic rings. The molecule has 0 aliphatic carbocycles. The first kappa shape index (κ1) is 10.4. The second-order valence-electron chi connectivity index (χ2n) is 2.82. The summed E-state index contributed by atoms with van der Waals surface area (Å²) in [5.74, 6) is -0.947. The van der Waals surface area contributed by atoms with Crippen molar-refractivity contribution in [3.8, 4) is 5.75 Å². The number of anilines is 1. The molecule has 0 saturated heterocycles. The van der Waals surface area contributed by atoms with E-state index >= 15 is 0 Å². The van der Waals surface area contributed by atoms with Crippen molar-refractivity contribution in [1.29, 1.82) is 0 Å². The average Bonchev–Trinajstić information content (AvgIpc) is 2.08. The Hall–Kier alpha value is -1.65. The highest BCUT2D eigenvalue weighted by molar-refractivity contribution is 5.97. The van der Waals surface area contributed by atoms with Gasteiger partial charge >= 0.3 is 0 Å². The van der Waals surface area contributed by atoms with E-state index in [-0.39, 0.29) is 5.56 Å². The molecule has 76 valence electrons. The Bertz CT molecular complexity index is 377. The van der Waals surface area contributed by atoms with E-state index in [4.69, 9.17) is 10.8 Å². The van der Waals surface area contributed by atoms with Crippen LogP contribution in [0.5, 0.6) is 5.75 Å². The average molecular weight is 201 g/mol. The first-order valence-electron chi connectivity index (χ1n) is 3.85. The lowest BCUT2D eigenvalue weighted by Crippen LogP contribution is -2.04. The van der Waals surface area contributed by atoms with Crippen LogP contribution in [0.4, 0.5) is 14.5 Å². The van der Waals surface area contributed by atoms with Gasteiger partial charge in [-0.3, -0.25) is 4.79 Å². The molecule has 3 nitrogen and oxygen atoms in total. The molecular weight excluding hydrogens is 192 g/mol. The normalized spacial score (nSPS) is 10.6. The lowest BCUT2D eigenvalue weighted by molar-refractivity contribution is 0.0999. The Kier molecular flexibility index (Phi) is 2.69. The largest absolute Gasteiger partial charge is 0.506 e. The summed E-state index contributed by atoms with van der Waals surface area (Å²) in [6.07, 6.45) is -2.87. The highest BCUT2D eigenvalue weighted by Gasteiger charge is 2.21. The number of phenols is 1. The van der Waals surface area contributed by atoms with E-state index in [1.165, 1.54) is 0 Å². The molecule has 0 aliphatic heterocycles. The molecule has 0 unspecified atom stereocenters. The van der Waals surface area contributed by atoms with E-state index < -0.39 is 29.2 Å². The second kappa shape index (κ2) is 3.61. The summed E-state index contributed by atoms with van der Waals surface area (Å²) in [5.41, 5.74) is 4.05. The molecule has 0 saturated carbocycles. The Balaban J connectivity index is 3.45. The number of halogens is 2. The maximum atomic E-state index is 12.5. The van der Waals surface area contributed by atoms with Gasteiger partial charge in [0.15, 0.2) is 5.78 Å². The number of ketones is 1. The van der Waals surface area contributed by atoms with Crippen molar-refractivity contribution in [2.75, 3.05) is 5.73 Å². The molecule has 5 heteroatoms. The zero-order valence-corrected chi connectivity index (χ0v) is 7.42. The van der Waals surface area contributed by atoms with Crippen molar-refractivity contribution in [2.24, 2.45) is 0 Å². The van der Waals surface area contributed by atoms with Crippen molar-refractivity contribution in [3.63, 3.8) is 0 Å². The minimum atomic E-state index is -2.87. The van der Waals surface area contributed by atoms with Gasteiger partial charge in [-0.05, 0) is 19.1 Å². The number of rotatable bonds is 2. The van der Waals surface area contributed by atoms with Crippen LogP contribution in [0.15, 0.2) is 12.1 Å². The van der Waals surface area contributed by atoms with E-state index in [1.807, 2.05) is 0 Å². The molecule has 0 aliphatic rings. The molecule has 0 spiro atoms. The molecule has 0 amide bonds. The smallest absolute Gasteiger partial charge is 0.266 e. The number of phenolic OH excluding ortho intramolecular Hbond substituents is 1.